The van der Waals surface area contributed by atoms with Gasteiger partial charge in [-0.2, -0.15) is 0 Å². The molecule has 2 heteroatoms. The Morgan fingerprint density at radius 2 is 0.421 bits per heavy atom. The van der Waals surface area contributed by atoms with Crippen LogP contribution in [-0.2, 0) is 0 Å². The zero-order chi connectivity index (χ0) is 27.8. The third kappa shape index (κ3) is 29.2. The number of nitrogens with one attached hydrogen (secondary N) is 1. The van der Waals surface area contributed by atoms with Crippen LogP contribution in [0.5, 0.6) is 0 Å². The molecule has 38 heavy (non-hydrogen) atoms. The minimum Gasteiger partial charge on any atom is -0.319 e. The highest BCUT2D eigenvalue weighted by atomic mass is 31.2. The second-order valence-electron chi connectivity index (χ2n) is 12.9. The third-order valence-corrected chi connectivity index (χ3v) is 12.3. The van der Waals surface area contributed by atoms with Crippen molar-refractivity contribution in [2.24, 2.45) is 0 Å². The summed E-state index contributed by atoms with van der Waals surface area (Å²) >= 11 is 0. The molecule has 0 aromatic carbocycles. The van der Waals surface area contributed by atoms with E-state index in [-0.39, 0.29) is 0 Å². The van der Waals surface area contributed by atoms with Gasteiger partial charge in [0.15, 0.2) is 0 Å². The lowest BCUT2D eigenvalue weighted by Crippen LogP contribution is -2.01. The summed E-state index contributed by atoms with van der Waals surface area (Å²) in [5.41, 5.74) is 0. The molecule has 0 bridgehead atoms. The van der Waals surface area contributed by atoms with Crippen LogP contribution in [-0.4, -0.2) is 18.5 Å². The largest absolute Gasteiger partial charge is 0.319 e. The van der Waals surface area contributed by atoms with E-state index < -0.39 is 7.05 Å². The van der Waals surface area contributed by atoms with Crippen LogP contribution in [0.3, 0.4) is 0 Å². The van der Waals surface area contributed by atoms with Crippen LogP contribution in [0, 0.1) is 5.16 Å². The highest BCUT2D eigenvalue weighted by molar-refractivity contribution is 7.65. The summed E-state index contributed by atoms with van der Waals surface area (Å²) < 4.78 is 0. The first-order chi connectivity index (χ1) is 18.7. The van der Waals surface area contributed by atoms with Crippen molar-refractivity contribution >= 4 is 7.05 Å². The van der Waals surface area contributed by atoms with Gasteiger partial charge in [0, 0.05) is 0 Å². The van der Waals surface area contributed by atoms with E-state index in [4.69, 9.17) is 0 Å². The van der Waals surface area contributed by atoms with Gasteiger partial charge in [0.25, 0.3) is 0 Å². The Bertz CT molecular complexity index is 407. The maximum atomic E-state index is 9.46. The average Bonchev–Trinajstić information content (AvgIpc) is 2.92. The van der Waals surface area contributed by atoms with Gasteiger partial charge >= 0.3 is 0 Å². The van der Waals surface area contributed by atoms with Crippen LogP contribution < -0.4 is 0 Å². The van der Waals surface area contributed by atoms with Gasteiger partial charge in [-0.3, -0.25) is 0 Å². The Labute approximate surface area is 243 Å². The van der Waals surface area contributed by atoms with Crippen LogP contribution in [0.25, 0.3) is 0 Å². The number of unbranched alkanes of at least 4 members (excludes halogenated alkanes) is 27. The van der Waals surface area contributed by atoms with Gasteiger partial charge in [-0.1, -0.05) is 194 Å². The molecule has 230 valence electrons. The van der Waals surface area contributed by atoms with E-state index in [9.17, 15) is 5.16 Å². The zero-order valence-corrected chi connectivity index (χ0v) is 28.2. The molecule has 0 aromatic heterocycles. The predicted octanol–water partition coefficient (Wildman–Crippen LogP) is 14.5. The van der Waals surface area contributed by atoms with E-state index in [0.717, 1.165) is 0 Å². The maximum absolute atomic E-state index is 9.46. The highest BCUT2D eigenvalue weighted by Crippen LogP contribution is 2.49. The fourth-order valence-electron chi connectivity index (χ4n) is 6.04. The summed E-state index contributed by atoms with van der Waals surface area (Å²) in [6, 6.07) is 0. The van der Waals surface area contributed by atoms with Crippen LogP contribution in [0.2, 0.25) is 0 Å². The van der Waals surface area contributed by atoms with Gasteiger partial charge in [0.1, 0.15) is 0 Å². The van der Waals surface area contributed by atoms with Gasteiger partial charge in [-0.05, 0) is 44.8 Å². The topological polar surface area (TPSA) is 23.9 Å². The van der Waals surface area contributed by atoms with Crippen LogP contribution in [0.4, 0.5) is 0 Å². The molecular formula is C36H76NP. The van der Waals surface area contributed by atoms with Gasteiger partial charge in [-0.25, -0.2) is 0 Å². The molecule has 0 aliphatic carbocycles. The second kappa shape index (κ2) is 31.8. The molecule has 1 N–H and O–H groups in total. The Morgan fingerprint density at radius 1 is 0.263 bits per heavy atom. The number of hydrogen-bond acceptors (Lipinski definition) is 1. The molecule has 0 aliphatic rings. The summed E-state index contributed by atoms with van der Waals surface area (Å²) in [7, 11) is -1.44. The standard InChI is InChI=1S/C36H76NP/c1-4-7-10-13-16-19-22-25-28-31-34-38(37,35-32-29-26-23-20-17-14-11-8-5-2)36-33-30-27-24-21-18-15-12-9-6-3/h37H,4-36H2,1-3H3. The predicted molar refractivity (Wildman–Crippen MR) is 180 cm³/mol. The van der Waals surface area contributed by atoms with E-state index in [0.29, 0.717) is 0 Å². The Hall–Kier alpha value is 0.230. The SMILES string of the molecule is CCCCCCCCCCCCP(=N)(CCCCCCCCCCCC)CCCCCCCCCCCC. The molecule has 0 unspecified atom stereocenters. The summed E-state index contributed by atoms with van der Waals surface area (Å²) in [6.45, 7) is 6.92. The summed E-state index contributed by atoms with van der Waals surface area (Å²) in [6.07, 6.45) is 46.4. The van der Waals surface area contributed by atoms with Crippen molar-refractivity contribution in [3.05, 3.63) is 0 Å². The molecule has 0 spiro atoms. The lowest BCUT2D eigenvalue weighted by molar-refractivity contribution is 0.559. The molecule has 0 aliphatic heterocycles. The molecule has 0 heterocycles. The fraction of sp³-hybridized carbons (Fsp3) is 1.00. The van der Waals surface area contributed by atoms with E-state index in [2.05, 4.69) is 20.8 Å². The monoisotopic (exact) mass is 554 g/mol. The molecule has 0 radical (unpaired) electrons. The molecule has 0 fully saturated rings. The number of rotatable bonds is 33. The smallest absolute Gasteiger partial charge is 0.0178 e. The van der Waals surface area contributed by atoms with Crippen molar-refractivity contribution in [2.75, 3.05) is 18.5 Å². The lowest BCUT2D eigenvalue weighted by Gasteiger charge is -2.23. The fourth-order valence-corrected chi connectivity index (χ4v) is 9.20. The first-order valence-electron chi connectivity index (χ1n) is 18.3. The Kier molecular flexibility index (Phi) is 31.9. The summed E-state index contributed by atoms with van der Waals surface area (Å²) in [4.78, 5) is 0. The normalized spacial score (nSPS) is 12.0. The first-order valence-corrected chi connectivity index (χ1v) is 20.6. The second-order valence-corrected chi connectivity index (χ2v) is 16.5. The molecule has 0 aromatic rings. The highest BCUT2D eigenvalue weighted by Gasteiger charge is 2.16. The molecular weight excluding hydrogens is 477 g/mol. The molecule has 0 rings (SSSR count). The van der Waals surface area contributed by atoms with Gasteiger partial charge in [0.2, 0.25) is 0 Å². The molecule has 0 saturated heterocycles. The van der Waals surface area contributed by atoms with E-state index in [1.165, 1.54) is 211 Å². The Balaban J connectivity index is 4.07. The molecule has 0 amide bonds. The van der Waals surface area contributed by atoms with E-state index in [1.807, 2.05) is 0 Å². The zero-order valence-electron chi connectivity index (χ0n) is 27.3. The van der Waals surface area contributed by atoms with Crippen LogP contribution >= 0.6 is 7.05 Å². The van der Waals surface area contributed by atoms with Crippen molar-refractivity contribution in [3.63, 3.8) is 0 Å². The maximum Gasteiger partial charge on any atom is -0.0178 e. The van der Waals surface area contributed by atoms with Crippen molar-refractivity contribution in [1.82, 2.24) is 0 Å². The van der Waals surface area contributed by atoms with Crippen molar-refractivity contribution < 1.29 is 0 Å². The lowest BCUT2D eigenvalue weighted by atomic mass is 10.1. The molecule has 1 nitrogen and oxygen atoms in total. The van der Waals surface area contributed by atoms with E-state index in [1.54, 1.807) is 0 Å². The van der Waals surface area contributed by atoms with Crippen LogP contribution in [0.15, 0.2) is 0 Å². The summed E-state index contributed by atoms with van der Waals surface area (Å²) in [5.74, 6) is 0. The van der Waals surface area contributed by atoms with Crippen molar-refractivity contribution in [1.29, 1.82) is 5.16 Å². The molecule has 0 saturated carbocycles. The quantitative estimate of drug-likeness (QED) is 0.0617. The minimum atomic E-state index is -1.44. The third-order valence-electron chi connectivity index (χ3n) is 8.82. The van der Waals surface area contributed by atoms with Gasteiger partial charge < -0.3 is 5.16 Å². The van der Waals surface area contributed by atoms with Gasteiger partial charge in [0.05, 0.1) is 0 Å². The van der Waals surface area contributed by atoms with Gasteiger partial charge in [-0.15, -0.1) is 0 Å². The van der Waals surface area contributed by atoms with Crippen molar-refractivity contribution in [2.45, 2.75) is 213 Å². The van der Waals surface area contributed by atoms with Crippen LogP contribution in [0.1, 0.15) is 213 Å². The Morgan fingerprint density at radius 3 is 0.605 bits per heavy atom. The number of hydrogen-bond donors (Lipinski definition) is 1. The first kappa shape index (κ1) is 38.2. The molecule has 0 atom stereocenters. The van der Waals surface area contributed by atoms with Crippen molar-refractivity contribution in [3.8, 4) is 0 Å². The summed E-state index contributed by atoms with van der Waals surface area (Å²) in [5, 5.41) is 9.46. The van der Waals surface area contributed by atoms with E-state index >= 15 is 0 Å². The minimum absolute atomic E-state index is 1.28. The average molecular weight is 554 g/mol.